The lowest BCUT2D eigenvalue weighted by Crippen LogP contribution is -2.16. The zero-order chi connectivity index (χ0) is 13.5. The highest BCUT2D eigenvalue weighted by molar-refractivity contribution is 5.81. The van der Waals surface area contributed by atoms with Crippen LogP contribution in [0.4, 0.5) is 5.69 Å². The van der Waals surface area contributed by atoms with Gasteiger partial charge in [-0.15, -0.1) is 0 Å². The van der Waals surface area contributed by atoms with Crippen molar-refractivity contribution in [3.8, 4) is 11.8 Å². The van der Waals surface area contributed by atoms with Gasteiger partial charge in [0.1, 0.15) is 13.2 Å². The van der Waals surface area contributed by atoms with Crippen molar-refractivity contribution in [3.05, 3.63) is 33.9 Å². The summed E-state index contributed by atoms with van der Waals surface area (Å²) in [6, 6.07) is 5.55. The van der Waals surface area contributed by atoms with E-state index in [1.54, 1.807) is 6.07 Å². The summed E-state index contributed by atoms with van der Waals surface area (Å²) < 4.78 is 9.63. The first-order chi connectivity index (χ1) is 8.58. The maximum absolute atomic E-state index is 11.1. The van der Waals surface area contributed by atoms with E-state index < -0.39 is 4.92 Å². The van der Waals surface area contributed by atoms with Crippen molar-refractivity contribution in [2.24, 2.45) is 0 Å². The third kappa shape index (κ3) is 3.54. The minimum Gasteiger partial charge on any atom is -0.479 e. The summed E-state index contributed by atoms with van der Waals surface area (Å²) in [6.07, 6.45) is 0. The zero-order valence-electron chi connectivity index (χ0n) is 9.58. The van der Waals surface area contributed by atoms with Crippen LogP contribution in [-0.4, -0.2) is 31.0 Å². The van der Waals surface area contributed by atoms with Gasteiger partial charge in [-0.2, -0.15) is 5.26 Å². The standard InChI is InChI=1S/C11H10N2O5/c1-17-6-9(14)7-18-11-3-2-8(5-12)4-10(11)13(15)16/h2-4H,6-7H2,1H3. The predicted molar refractivity (Wildman–Crippen MR) is 60.2 cm³/mol. The largest absolute Gasteiger partial charge is 0.479 e. The van der Waals surface area contributed by atoms with Gasteiger partial charge in [-0.1, -0.05) is 0 Å². The van der Waals surface area contributed by atoms with Crippen LogP contribution < -0.4 is 4.74 Å². The average Bonchev–Trinajstić information content (AvgIpc) is 2.36. The van der Waals surface area contributed by atoms with Gasteiger partial charge in [0.05, 0.1) is 16.6 Å². The molecular formula is C11H10N2O5. The predicted octanol–water partition coefficient (Wildman–Crippen LogP) is 1.06. The van der Waals surface area contributed by atoms with Crippen molar-refractivity contribution in [1.82, 2.24) is 0 Å². The van der Waals surface area contributed by atoms with Crippen molar-refractivity contribution in [2.45, 2.75) is 0 Å². The van der Waals surface area contributed by atoms with Crippen LogP contribution in [0.5, 0.6) is 5.75 Å². The Bertz CT molecular complexity index is 507. The molecular weight excluding hydrogens is 240 g/mol. The second kappa shape index (κ2) is 6.32. The van der Waals surface area contributed by atoms with E-state index in [9.17, 15) is 14.9 Å². The van der Waals surface area contributed by atoms with Gasteiger partial charge in [-0.25, -0.2) is 0 Å². The number of nitriles is 1. The first-order valence-corrected chi connectivity index (χ1v) is 4.90. The Morgan fingerprint density at radius 3 is 2.78 bits per heavy atom. The SMILES string of the molecule is COCC(=O)COc1ccc(C#N)cc1[N+](=O)[O-]. The maximum atomic E-state index is 11.1. The number of rotatable bonds is 6. The number of benzene rings is 1. The molecule has 0 atom stereocenters. The molecule has 0 aliphatic heterocycles. The van der Waals surface area contributed by atoms with E-state index in [2.05, 4.69) is 4.74 Å². The maximum Gasteiger partial charge on any atom is 0.312 e. The van der Waals surface area contributed by atoms with Gasteiger partial charge >= 0.3 is 5.69 Å². The Balaban J connectivity index is 2.86. The Morgan fingerprint density at radius 2 is 2.22 bits per heavy atom. The Kier molecular flexibility index (Phi) is 4.78. The number of nitro groups is 1. The highest BCUT2D eigenvalue weighted by atomic mass is 16.6. The van der Waals surface area contributed by atoms with Crippen LogP contribution >= 0.6 is 0 Å². The van der Waals surface area contributed by atoms with E-state index in [0.29, 0.717) is 0 Å². The first kappa shape index (κ1) is 13.6. The normalized spacial score (nSPS) is 9.56. The lowest BCUT2D eigenvalue weighted by atomic mass is 10.2. The van der Waals surface area contributed by atoms with Gasteiger partial charge in [-0.05, 0) is 12.1 Å². The van der Waals surface area contributed by atoms with E-state index in [0.717, 1.165) is 6.07 Å². The van der Waals surface area contributed by atoms with Crippen LogP contribution in [0.15, 0.2) is 18.2 Å². The lowest BCUT2D eigenvalue weighted by molar-refractivity contribution is -0.385. The molecule has 0 aromatic heterocycles. The van der Waals surface area contributed by atoms with Crippen LogP contribution in [0.25, 0.3) is 0 Å². The highest BCUT2D eigenvalue weighted by Gasteiger charge is 2.17. The summed E-state index contributed by atoms with van der Waals surface area (Å²) in [4.78, 5) is 21.2. The molecule has 0 N–H and O–H groups in total. The van der Waals surface area contributed by atoms with Gasteiger partial charge in [0, 0.05) is 13.2 Å². The summed E-state index contributed by atoms with van der Waals surface area (Å²) in [5.74, 6) is -0.389. The van der Waals surface area contributed by atoms with E-state index in [1.807, 2.05) is 0 Å². The van der Waals surface area contributed by atoms with Crippen molar-refractivity contribution in [2.75, 3.05) is 20.3 Å². The minimum absolute atomic E-state index is 0.0524. The van der Waals surface area contributed by atoms with Crippen molar-refractivity contribution in [1.29, 1.82) is 5.26 Å². The summed E-state index contributed by atoms with van der Waals surface area (Å²) in [6.45, 7) is -0.440. The van der Waals surface area contributed by atoms with Crippen LogP contribution in [0, 0.1) is 21.4 Å². The van der Waals surface area contributed by atoms with Gasteiger partial charge in [-0.3, -0.25) is 14.9 Å². The van der Waals surface area contributed by atoms with Crippen molar-refractivity contribution in [3.63, 3.8) is 0 Å². The van der Waals surface area contributed by atoms with Gasteiger partial charge in [0.15, 0.2) is 11.5 Å². The molecule has 7 nitrogen and oxygen atoms in total. The summed E-state index contributed by atoms with van der Waals surface area (Å²) in [7, 11) is 1.36. The fourth-order valence-electron chi connectivity index (χ4n) is 1.21. The molecule has 7 heteroatoms. The molecule has 0 radical (unpaired) electrons. The monoisotopic (exact) mass is 250 g/mol. The zero-order valence-corrected chi connectivity index (χ0v) is 9.58. The van der Waals surface area contributed by atoms with Gasteiger partial charge in [0.25, 0.3) is 0 Å². The number of hydrogen-bond acceptors (Lipinski definition) is 6. The molecule has 0 fully saturated rings. The number of ether oxygens (including phenoxy) is 2. The number of Topliss-reactive ketones (excluding diaryl/α,β-unsaturated/α-hetero) is 1. The summed E-state index contributed by atoms with van der Waals surface area (Å²) >= 11 is 0. The topological polar surface area (TPSA) is 102 Å². The number of ketones is 1. The van der Waals surface area contributed by atoms with E-state index in [4.69, 9.17) is 10.00 Å². The van der Waals surface area contributed by atoms with Crippen LogP contribution in [0.2, 0.25) is 0 Å². The molecule has 18 heavy (non-hydrogen) atoms. The molecule has 0 spiro atoms. The number of methoxy groups -OCH3 is 1. The van der Waals surface area contributed by atoms with E-state index in [1.165, 1.54) is 19.2 Å². The van der Waals surface area contributed by atoms with Gasteiger partial charge < -0.3 is 9.47 Å². The van der Waals surface area contributed by atoms with Crippen molar-refractivity contribution >= 4 is 11.5 Å². The highest BCUT2D eigenvalue weighted by Crippen LogP contribution is 2.27. The summed E-state index contributed by atoms with van der Waals surface area (Å²) in [5.41, 5.74) is -0.198. The third-order valence-corrected chi connectivity index (χ3v) is 1.98. The molecule has 0 saturated heterocycles. The molecule has 0 saturated carbocycles. The lowest BCUT2D eigenvalue weighted by Gasteiger charge is -2.05. The Labute approximate surface area is 103 Å². The number of carbonyl (C=O) groups excluding carboxylic acids is 1. The van der Waals surface area contributed by atoms with Crippen molar-refractivity contribution < 1.29 is 19.2 Å². The minimum atomic E-state index is -0.670. The number of carbonyl (C=O) groups is 1. The first-order valence-electron chi connectivity index (χ1n) is 4.90. The fraction of sp³-hybridized carbons (Fsp3) is 0.273. The average molecular weight is 250 g/mol. The van der Waals surface area contributed by atoms with Crippen LogP contribution in [-0.2, 0) is 9.53 Å². The molecule has 0 bridgehead atoms. The molecule has 0 heterocycles. The molecule has 1 aromatic carbocycles. The number of nitrogens with zero attached hydrogens (tertiary/aromatic N) is 2. The van der Waals surface area contributed by atoms with E-state index in [-0.39, 0.29) is 36.0 Å². The fourth-order valence-corrected chi connectivity index (χ4v) is 1.21. The molecule has 0 amide bonds. The molecule has 0 aliphatic carbocycles. The Hall–Kier alpha value is -2.46. The molecule has 94 valence electrons. The molecule has 0 aliphatic rings. The Morgan fingerprint density at radius 1 is 1.50 bits per heavy atom. The number of nitro benzene ring substituents is 1. The van der Waals surface area contributed by atoms with E-state index >= 15 is 0 Å². The second-order valence-electron chi connectivity index (χ2n) is 3.31. The quantitative estimate of drug-likeness (QED) is 0.552. The number of hydrogen-bond donors (Lipinski definition) is 0. The molecule has 0 unspecified atom stereocenters. The summed E-state index contributed by atoms with van der Waals surface area (Å²) in [5, 5.41) is 19.4. The van der Waals surface area contributed by atoms with Crippen LogP contribution in [0.1, 0.15) is 5.56 Å². The van der Waals surface area contributed by atoms with Gasteiger partial charge in [0.2, 0.25) is 0 Å². The second-order valence-corrected chi connectivity index (χ2v) is 3.31. The molecule has 1 rings (SSSR count). The molecule has 1 aromatic rings. The third-order valence-electron chi connectivity index (χ3n) is 1.98. The smallest absolute Gasteiger partial charge is 0.312 e. The van der Waals surface area contributed by atoms with Crippen LogP contribution in [0.3, 0.4) is 0 Å².